The minimum Gasteiger partial charge on any atom is -0.347 e. The summed E-state index contributed by atoms with van der Waals surface area (Å²) in [7, 11) is 0. The van der Waals surface area contributed by atoms with Crippen LogP contribution in [0, 0.1) is 5.41 Å². The molecule has 0 saturated heterocycles. The van der Waals surface area contributed by atoms with Crippen LogP contribution in [-0.2, 0) is 17.6 Å². The second kappa shape index (κ2) is 5.84. The van der Waals surface area contributed by atoms with E-state index in [0.29, 0.717) is 0 Å². The van der Waals surface area contributed by atoms with Gasteiger partial charge in [0, 0.05) is 0 Å². The van der Waals surface area contributed by atoms with Gasteiger partial charge in [-0.15, -0.1) is 0 Å². The number of carbonyl (C=O) groups excluding carboxylic acids is 1. The second-order valence-corrected chi connectivity index (χ2v) is 7.02. The molecule has 2 aliphatic carbocycles. The van der Waals surface area contributed by atoms with E-state index in [9.17, 15) is 4.79 Å². The van der Waals surface area contributed by atoms with Gasteiger partial charge < -0.3 is 5.32 Å². The number of aryl methyl sites for hydroxylation is 1. The number of rotatable bonds is 4. The van der Waals surface area contributed by atoms with Crippen LogP contribution in [0.5, 0.6) is 0 Å². The smallest absolute Gasteiger partial charge is 0.227 e. The third kappa shape index (κ3) is 2.67. The minimum absolute atomic E-state index is 0.0991. The number of aromatic amines is 1. The molecule has 1 aromatic carbocycles. The molecule has 1 atom stereocenters. The van der Waals surface area contributed by atoms with Crippen LogP contribution in [0.25, 0.3) is 0 Å². The fraction of sp³-hybridized carbons (Fsp3) is 0.474. The Labute approximate surface area is 136 Å². The Bertz CT molecular complexity index is 688. The summed E-state index contributed by atoms with van der Waals surface area (Å²) in [6.45, 7) is 0. The van der Waals surface area contributed by atoms with Gasteiger partial charge in [0.15, 0.2) is 0 Å². The quantitative estimate of drug-likeness (QED) is 0.910. The molecule has 1 aromatic heterocycles. The molecule has 2 aliphatic rings. The Morgan fingerprint density at radius 2 is 2.09 bits per heavy atom. The van der Waals surface area contributed by atoms with Crippen LogP contribution >= 0.6 is 0 Å². The molecule has 1 amide bonds. The SMILES string of the molecule is O=C(N[C@H]1CCCc2cn[nH]c21)C1(Cc2ccccc2)CCC1. The maximum Gasteiger partial charge on any atom is 0.227 e. The monoisotopic (exact) mass is 309 g/mol. The van der Waals surface area contributed by atoms with Crippen molar-refractivity contribution in [2.75, 3.05) is 0 Å². The molecule has 1 heterocycles. The van der Waals surface area contributed by atoms with Crippen LogP contribution in [0.2, 0.25) is 0 Å². The molecular formula is C19H23N3O. The van der Waals surface area contributed by atoms with Crippen LogP contribution in [0.1, 0.15) is 55.0 Å². The number of hydrogen-bond donors (Lipinski definition) is 2. The van der Waals surface area contributed by atoms with Crippen molar-refractivity contribution in [3.63, 3.8) is 0 Å². The van der Waals surface area contributed by atoms with Crippen molar-refractivity contribution in [2.45, 2.75) is 51.0 Å². The topological polar surface area (TPSA) is 57.8 Å². The molecule has 0 unspecified atom stereocenters. The highest BCUT2D eigenvalue weighted by Gasteiger charge is 2.44. The average molecular weight is 309 g/mol. The summed E-state index contributed by atoms with van der Waals surface area (Å²) in [5, 5.41) is 10.5. The van der Waals surface area contributed by atoms with Gasteiger partial charge in [-0.2, -0.15) is 5.10 Å². The maximum atomic E-state index is 13.0. The highest BCUT2D eigenvalue weighted by Crippen LogP contribution is 2.44. The van der Waals surface area contributed by atoms with Gasteiger partial charge in [-0.05, 0) is 49.7 Å². The molecular weight excluding hydrogens is 286 g/mol. The number of aromatic nitrogens is 2. The number of fused-ring (bicyclic) bond motifs is 1. The van der Waals surface area contributed by atoms with Gasteiger partial charge in [0.05, 0.1) is 23.3 Å². The Morgan fingerprint density at radius 1 is 1.26 bits per heavy atom. The molecule has 2 aromatic rings. The normalized spacial score (nSPS) is 22.0. The van der Waals surface area contributed by atoms with Crippen LogP contribution in [0.3, 0.4) is 0 Å². The summed E-state index contributed by atoms with van der Waals surface area (Å²) >= 11 is 0. The zero-order chi connectivity index (χ0) is 15.7. The minimum atomic E-state index is -0.209. The second-order valence-electron chi connectivity index (χ2n) is 7.02. The third-order valence-electron chi connectivity index (χ3n) is 5.52. The first-order valence-corrected chi connectivity index (χ1v) is 8.64. The van der Waals surface area contributed by atoms with Gasteiger partial charge in [-0.1, -0.05) is 36.8 Å². The summed E-state index contributed by atoms with van der Waals surface area (Å²) in [6.07, 6.45) is 9.07. The van der Waals surface area contributed by atoms with Crippen LogP contribution < -0.4 is 5.32 Å². The van der Waals surface area contributed by atoms with E-state index in [1.54, 1.807) is 0 Å². The molecule has 0 radical (unpaired) electrons. The van der Waals surface area contributed by atoms with Crippen molar-refractivity contribution in [1.29, 1.82) is 0 Å². The summed E-state index contributed by atoms with van der Waals surface area (Å²) in [5.74, 6) is 0.222. The Balaban J connectivity index is 1.50. The molecule has 2 N–H and O–H groups in total. The largest absolute Gasteiger partial charge is 0.347 e. The lowest BCUT2D eigenvalue weighted by Crippen LogP contribution is -2.48. The Hall–Kier alpha value is -2.10. The number of carbonyl (C=O) groups is 1. The molecule has 120 valence electrons. The molecule has 1 saturated carbocycles. The van der Waals surface area contributed by atoms with Crippen molar-refractivity contribution in [2.24, 2.45) is 5.41 Å². The predicted octanol–water partition coefficient (Wildman–Crippen LogP) is 3.32. The van der Waals surface area contributed by atoms with Crippen molar-refractivity contribution in [3.8, 4) is 0 Å². The maximum absolute atomic E-state index is 13.0. The number of benzene rings is 1. The van der Waals surface area contributed by atoms with Crippen molar-refractivity contribution >= 4 is 5.91 Å². The van der Waals surface area contributed by atoms with Crippen molar-refractivity contribution in [1.82, 2.24) is 15.5 Å². The van der Waals surface area contributed by atoms with E-state index < -0.39 is 0 Å². The molecule has 4 rings (SSSR count). The highest BCUT2D eigenvalue weighted by molar-refractivity contribution is 5.84. The van der Waals surface area contributed by atoms with Crippen LogP contribution in [-0.4, -0.2) is 16.1 Å². The van der Waals surface area contributed by atoms with Crippen molar-refractivity contribution < 1.29 is 4.79 Å². The molecule has 1 fully saturated rings. The van der Waals surface area contributed by atoms with Crippen molar-refractivity contribution in [3.05, 3.63) is 53.3 Å². The summed E-state index contributed by atoms with van der Waals surface area (Å²) in [4.78, 5) is 13.0. The van der Waals surface area contributed by atoms with Gasteiger partial charge >= 0.3 is 0 Å². The Morgan fingerprint density at radius 3 is 2.83 bits per heavy atom. The average Bonchev–Trinajstić information content (AvgIpc) is 3.01. The molecule has 4 heteroatoms. The number of nitrogens with one attached hydrogen (secondary N) is 2. The fourth-order valence-electron chi connectivity index (χ4n) is 3.99. The molecule has 23 heavy (non-hydrogen) atoms. The lowest BCUT2D eigenvalue weighted by molar-refractivity contribution is -0.137. The highest BCUT2D eigenvalue weighted by atomic mass is 16.2. The Kier molecular flexibility index (Phi) is 3.68. The van der Waals surface area contributed by atoms with E-state index in [1.165, 1.54) is 11.1 Å². The number of hydrogen-bond acceptors (Lipinski definition) is 2. The van der Waals surface area contributed by atoms with Crippen LogP contribution in [0.4, 0.5) is 0 Å². The van der Waals surface area contributed by atoms with E-state index in [-0.39, 0.29) is 17.4 Å². The van der Waals surface area contributed by atoms with Gasteiger partial charge in [-0.25, -0.2) is 0 Å². The van der Waals surface area contributed by atoms with E-state index in [0.717, 1.165) is 50.6 Å². The first-order valence-electron chi connectivity index (χ1n) is 8.64. The van der Waals surface area contributed by atoms with E-state index >= 15 is 0 Å². The molecule has 0 spiro atoms. The number of amides is 1. The molecule has 0 bridgehead atoms. The zero-order valence-corrected chi connectivity index (χ0v) is 13.3. The predicted molar refractivity (Wildman–Crippen MR) is 88.8 cm³/mol. The van der Waals surface area contributed by atoms with Gasteiger partial charge in [0.25, 0.3) is 0 Å². The van der Waals surface area contributed by atoms with Gasteiger partial charge in [0.1, 0.15) is 0 Å². The lowest BCUT2D eigenvalue weighted by atomic mass is 9.64. The fourth-order valence-corrected chi connectivity index (χ4v) is 3.99. The van der Waals surface area contributed by atoms with Gasteiger partial charge in [-0.3, -0.25) is 9.89 Å². The van der Waals surface area contributed by atoms with Gasteiger partial charge in [0.2, 0.25) is 5.91 Å². The first kappa shape index (κ1) is 14.5. The van der Waals surface area contributed by atoms with E-state index in [4.69, 9.17) is 0 Å². The van der Waals surface area contributed by atoms with E-state index in [2.05, 4.69) is 39.8 Å². The lowest BCUT2D eigenvalue weighted by Gasteiger charge is -2.41. The third-order valence-corrected chi connectivity index (χ3v) is 5.52. The molecule has 4 nitrogen and oxygen atoms in total. The standard InChI is InChI=1S/C19H23N3O/c23-18(21-16-9-4-8-15-13-20-22-17(15)16)19(10-5-11-19)12-14-6-2-1-3-7-14/h1-3,6-7,13,16H,4-5,8-12H2,(H,20,22)(H,21,23)/t16-/m0/s1. The number of H-pyrrole nitrogens is 1. The zero-order valence-electron chi connectivity index (χ0n) is 13.3. The van der Waals surface area contributed by atoms with Crippen LogP contribution in [0.15, 0.2) is 36.5 Å². The summed E-state index contributed by atoms with van der Waals surface area (Å²) < 4.78 is 0. The summed E-state index contributed by atoms with van der Waals surface area (Å²) in [6, 6.07) is 10.5. The number of nitrogens with zero attached hydrogens (tertiary/aromatic N) is 1. The first-order chi connectivity index (χ1) is 11.3. The molecule has 0 aliphatic heterocycles. The van der Waals surface area contributed by atoms with E-state index in [1.807, 2.05) is 12.3 Å². The summed E-state index contributed by atoms with van der Waals surface area (Å²) in [5.41, 5.74) is 3.41.